The Morgan fingerprint density at radius 3 is 2.81 bits per heavy atom. The zero-order valence-corrected chi connectivity index (χ0v) is 9.61. The van der Waals surface area contributed by atoms with Gasteiger partial charge in [-0.05, 0) is 19.1 Å². The van der Waals surface area contributed by atoms with Gasteiger partial charge >= 0.3 is 0 Å². The topological polar surface area (TPSA) is 47.7 Å². The maximum Gasteiger partial charge on any atom is 0.144 e. The first-order valence-corrected chi connectivity index (χ1v) is 5.66. The SMILES string of the molecule is CCOc1cc(N2CCOCC2)ccc1N. The van der Waals surface area contributed by atoms with E-state index in [4.69, 9.17) is 15.2 Å². The predicted molar refractivity (Wildman–Crippen MR) is 65.1 cm³/mol. The number of nitrogen functional groups attached to an aromatic ring is 1. The van der Waals surface area contributed by atoms with E-state index >= 15 is 0 Å². The molecule has 0 radical (unpaired) electrons. The summed E-state index contributed by atoms with van der Waals surface area (Å²) in [7, 11) is 0. The predicted octanol–water partition coefficient (Wildman–Crippen LogP) is 1.50. The van der Waals surface area contributed by atoms with Crippen LogP contribution >= 0.6 is 0 Å². The molecule has 1 aromatic carbocycles. The number of hydrogen-bond acceptors (Lipinski definition) is 4. The average Bonchev–Trinajstić information content (AvgIpc) is 2.33. The van der Waals surface area contributed by atoms with Crippen LogP contribution in [0.3, 0.4) is 0 Å². The van der Waals surface area contributed by atoms with Gasteiger partial charge < -0.3 is 20.1 Å². The molecule has 0 aromatic heterocycles. The lowest BCUT2D eigenvalue weighted by Crippen LogP contribution is -2.36. The van der Waals surface area contributed by atoms with Gasteiger partial charge in [-0.3, -0.25) is 0 Å². The number of nitrogens with zero attached hydrogens (tertiary/aromatic N) is 1. The highest BCUT2D eigenvalue weighted by Crippen LogP contribution is 2.28. The highest BCUT2D eigenvalue weighted by Gasteiger charge is 2.12. The molecular formula is C12H18N2O2. The fourth-order valence-electron chi connectivity index (χ4n) is 1.82. The molecule has 0 aliphatic carbocycles. The zero-order chi connectivity index (χ0) is 11.4. The fraction of sp³-hybridized carbons (Fsp3) is 0.500. The van der Waals surface area contributed by atoms with E-state index in [0.717, 1.165) is 37.7 Å². The van der Waals surface area contributed by atoms with Crippen LogP contribution in [0.1, 0.15) is 6.92 Å². The van der Waals surface area contributed by atoms with Gasteiger partial charge in [0.25, 0.3) is 0 Å². The van der Waals surface area contributed by atoms with Crippen molar-refractivity contribution in [2.24, 2.45) is 0 Å². The van der Waals surface area contributed by atoms with E-state index in [1.165, 1.54) is 0 Å². The summed E-state index contributed by atoms with van der Waals surface area (Å²) in [5, 5.41) is 0. The van der Waals surface area contributed by atoms with Gasteiger partial charge in [0.05, 0.1) is 25.5 Å². The lowest BCUT2D eigenvalue weighted by atomic mass is 10.2. The largest absolute Gasteiger partial charge is 0.492 e. The third-order valence-electron chi connectivity index (χ3n) is 2.67. The fourth-order valence-corrected chi connectivity index (χ4v) is 1.82. The highest BCUT2D eigenvalue weighted by atomic mass is 16.5. The van der Waals surface area contributed by atoms with Crippen LogP contribution in [0.5, 0.6) is 5.75 Å². The number of morpholine rings is 1. The van der Waals surface area contributed by atoms with Gasteiger partial charge in [0.2, 0.25) is 0 Å². The summed E-state index contributed by atoms with van der Waals surface area (Å²) in [4.78, 5) is 2.28. The molecular weight excluding hydrogens is 204 g/mol. The third kappa shape index (κ3) is 2.39. The normalized spacial score (nSPS) is 16.2. The Balaban J connectivity index is 2.17. The molecule has 1 aromatic rings. The van der Waals surface area contributed by atoms with E-state index in [1.54, 1.807) is 0 Å². The first kappa shape index (κ1) is 11.1. The van der Waals surface area contributed by atoms with Crippen LogP contribution in [-0.4, -0.2) is 32.9 Å². The van der Waals surface area contributed by atoms with Crippen LogP contribution < -0.4 is 15.4 Å². The molecule has 0 bridgehead atoms. The van der Waals surface area contributed by atoms with Crippen molar-refractivity contribution in [3.63, 3.8) is 0 Å². The molecule has 0 amide bonds. The van der Waals surface area contributed by atoms with Crippen molar-refractivity contribution in [2.45, 2.75) is 6.92 Å². The van der Waals surface area contributed by atoms with Crippen LogP contribution in [0.15, 0.2) is 18.2 Å². The van der Waals surface area contributed by atoms with E-state index in [1.807, 2.05) is 25.1 Å². The quantitative estimate of drug-likeness (QED) is 0.787. The molecule has 16 heavy (non-hydrogen) atoms. The number of rotatable bonds is 3. The maximum atomic E-state index is 5.84. The van der Waals surface area contributed by atoms with E-state index in [2.05, 4.69) is 4.90 Å². The number of anilines is 2. The molecule has 2 rings (SSSR count). The lowest BCUT2D eigenvalue weighted by Gasteiger charge is -2.29. The number of hydrogen-bond donors (Lipinski definition) is 1. The van der Waals surface area contributed by atoms with Crippen molar-refractivity contribution in [3.05, 3.63) is 18.2 Å². The Labute approximate surface area is 95.9 Å². The molecule has 0 saturated carbocycles. The van der Waals surface area contributed by atoms with E-state index in [0.29, 0.717) is 12.3 Å². The maximum absolute atomic E-state index is 5.84. The van der Waals surface area contributed by atoms with Crippen LogP contribution in [-0.2, 0) is 4.74 Å². The first-order valence-electron chi connectivity index (χ1n) is 5.66. The summed E-state index contributed by atoms with van der Waals surface area (Å²) in [6.45, 7) is 6.02. The standard InChI is InChI=1S/C12H18N2O2/c1-2-16-12-9-10(3-4-11(12)13)14-5-7-15-8-6-14/h3-4,9H,2,5-8,13H2,1H3. The van der Waals surface area contributed by atoms with Crippen molar-refractivity contribution in [1.29, 1.82) is 0 Å². The first-order chi connectivity index (χ1) is 7.81. The lowest BCUT2D eigenvalue weighted by molar-refractivity contribution is 0.122. The van der Waals surface area contributed by atoms with E-state index < -0.39 is 0 Å². The molecule has 0 unspecified atom stereocenters. The summed E-state index contributed by atoms with van der Waals surface area (Å²) < 4.78 is 10.8. The Hall–Kier alpha value is -1.42. The smallest absolute Gasteiger partial charge is 0.144 e. The molecule has 4 nitrogen and oxygen atoms in total. The van der Waals surface area contributed by atoms with Gasteiger partial charge in [-0.15, -0.1) is 0 Å². The Morgan fingerprint density at radius 2 is 2.12 bits per heavy atom. The summed E-state index contributed by atoms with van der Waals surface area (Å²) >= 11 is 0. The molecule has 2 N–H and O–H groups in total. The minimum Gasteiger partial charge on any atom is -0.492 e. The van der Waals surface area contributed by atoms with Gasteiger partial charge in [0.15, 0.2) is 0 Å². The van der Waals surface area contributed by atoms with Crippen LogP contribution in [0, 0.1) is 0 Å². The van der Waals surface area contributed by atoms with Crippen LogP contribution in [0.25, 0.3) is 0 Å². The molecule has 1 aliphatic rings. The molecule has 1 aliphatic heterocycles. The number of ether oxygens (including phenoxy) is 2. The Morgan fingerprint density at radius 1 is 1.38 bits per heavy atom. The van der Waals surface area contributed by atoms with Crippen molar-refractivity contribution in [2.75, 3.05) is 43.5 Å². The van der Waals surface area contributed by atoms with Crippen molar-refractivity contribution >= 4 is 11.4 Å². The second-order valence-electron chi connectivity index (χ2n) is 3.75. The minimum absolute atomic E-state index is 0.636. The third-order valence-corrected chi connectivity index (χ3v) is 2.67. The monoisotopic (exact) mass is 222 g/mol. The highest BCUT2D eigenvalue weighted by molar-refractivity contribution is 5.62. The van der Waals surface area contributed by atoms with Gasteiger partial charge in [-0.2, -0.15) is 0 Å². The van der Waals surface area contributed by atoms with Crippen molar-refractivity contribution in [3.8, 4) is 5.75 Å². The van der Waals surface area contributed by atoms with Crippen molar-refractivity contribution in [1.82, 2.24) is 0 Å². The average molecular weight is 222 g/mol. The second kappa shape index (κ2) is 5.07. The summed E-state index contributed by atoms with van der Waals surface area (Å²) in [6.07, 6.45) is 0. The van der Waals surface area contributed by atoms with Crippen molar-refractivity contribution < 1.29 is 9.47 Å². The van der Waals surface area contributed by atoms with Gasteiger partial charge in [0, 0.05) is 24.8 Å². The number of nitrogens with two attached hydrogens (primary N) is 1. The summed E-state index contributed by atoms with van der Waals surface area (Å²) in [6, 6.07) is 5.93. The molecule has 0 spiro atoms. The summed E-state index contributed by atoms with van der Waals surface area (Å²) in [5.41, 5.74) is 7.68. The minimum atomic E-state index is 0.636. The Bertz CT molecular complexity index is 349. The van der Waals surface area contributed by atoms with E-state index in [9.17, 15) is 0 Å². The molecule has 88 valence electrons. The molecule has 1 saturated heterocycles. The van der Waals surface area contributed by atoms with Gasteiger partial charge in [-0.25, -0.2) is 0 Å². The van der Waals surface area contributed by atoms with Crippen LogP contribution in [0.4, 0.5) is 11.4 Å². The van der Waals surface area contributed by atoms with Gasteiger partial charge in [0.1, 0.15) is 5.75 Å². The zero-order valence-electron chi connectivity index (χ0n) is 9.61. The van der Waals surface area contributed by atoms with Gasteiger partial charge in [-0.1, -0.05) is 0 Å². The van der Waals surface area contributed by atoms with E-state index in [-0.39, 0.29) is 0 Å². The molecule has 1 heterocycles. The van der Waals surface area contributed by atoms with Crippen LogP contribution in [0.2, 0.25) is 0 Å². The number of benzene rings is 1. The molecule has 1 fully saturated rings. The molecule has 4 heteroatoms. The Kier molecular flexibility index (Phi) is 3.51. The second-order valence-corrected chi connectivity index (χ2v) is 3.75. The summed E-state index contributed by atoms with van der Waals surface area (Å²) in [5.74, 6) is 0.770. The molecule has 0 atom stereocenters.